The van der Waals surface area contributed by atoms with E-state index in [1.807, 2.05) is 13.0 Å². The van der Waals surface area contributed by atoms with E-state index in [2.05, 4.69) is 35.7 Å². The van der Waals surface area contributed by atoms with E-state index in [1.54, 1.807) is 19.5 Å². The van der Waals surface area contributed by atoms with E-state index in [4.69, 9.17) is 17.0 Å². The number of ether oxygens (including phenoxy) is 1. The number of H-pyrrole nitrogens is 1. The number of pyridine rings is 1. The summed E-state index contributed by atoms with van der Waals surface area (Å²) in [7, 11) is 1.63. The second kappa shape index (κ2) is 5.32. The molecule has 2 heterocycles. The number of aromatic amines is 1. The average molecular weight is 289 g/mol. The molecule has 0 aromatic carbocycles. The molecule has 0 saturated heterocycles. The third-order valence-corrected chi connectivity index (χ3v) is 3.50. The van der Waals surface area contributed by atoms with Gasteiger partial charge in [0.05, 0.1) is 19.0 Å². The van der Waals surface area contributed by atoms with Gasteiger partial charge in [0.15, 0.2) is 0 Å². The second-order valence-electron chi connectivity index (χ2n) is 5.75. The fraction of sp³-hybridized carbons (Fsp3) is 0.400. The molecule has 0 aliphatic rings. The van der Waals surface area contributed by atoms with E-state index in [9.17, 15) is 0 Å². The van der Waals surface area contributed by atoms with Crippen molar-refractivity contribution < 1.29 is 4.74 Å². The maximum Gasteiger partial charge on any atom is 0.137 e. The van der Waals surface area contributed by atoms with Crippen LogP contribution in [0.2, 0.25) is 0 Å². The molecule has 20 heavy (non-hydrogen) atoms. The first-order valence-corrected chi connectivity index (χ1v) is 6.84. The van der Waals surface area contributed by atoms with Gasteiger partial charge in [-0.3, -0.25) is 4.98 Å². The van der Waals surface area contributed by atoms with E-state index in [0.29, 0.717) is 4.64 Å². The van der Waals surface area contributed by atoms with Crippen LogP contribution in [0.4, 0.5) is 0 Å². The highest BCUT2D eigenvalue weighted by molar-refractivity contribution is 7.71. The molecular formula is C15H19N3OS. The lowest BCUT2D eigenvalue weighted by atomic mass is 9.95. The molecule has 0 atom stereocenters. The van der Waals surface area contributed by atoms with Gasteiger partial charge in [0.2, 0.25) is 0 Å². The summed E-state index contributed by atoms with van der Waals surface area (Å²) in [6.45, 7) is 8.27. The summed E-state index contributed by atoms with van der Waals surface area (Å²) in [5, 5.41) is 0. The van der Waals surface area contributed by atoms with Gasteiger partial charge < -0.3 is 9.72 Å². The van der Waals surface area contributed by atoms with Crippen molar-refractivity contribution in [3.8, 4) is 17.0 Å². The molecule has 0 aliphatic carbocycles. The fourth-order valence-corrected chi connectivity index (χ4v) is 2.04. The van der Waals surface area contributed by atoms with Gasteiger partial charge in [-0.2, -0.15) is 0 Å². The predicted octanol–water partition coefficient (Wildman–Crippen LogP) is 3.82. The summed E-state index contributed by atoms with van der Waals surface area (Å²) in [5.74, 6) is 1.58. The molecule has 0 fully saturated rings. The van der Waals surface area contributed by atoms with Gasteiger partial charge in [0.25, 0.3) is 0 Å². The maximum atomic E-state index is 5.38. The van der Waals surface area contributed by atoms with E-state index < -0.39 is 0 Å². The molecule has 0 aliphatic heterocycles. The summed E-state index contributed by atoms with van der Waals surface area (Å²) in [6.07, 6.45) is 3.47. The number of aromatic nitrogens is 3. The molecule has 106 valence electrons. The van der Waals surface area contributed by atoms with E-state index in [1.165, 1.54) is 0 Å². The molecule has 2 aromatic rings. The van der Waals surface area contributed by atoms with Crippen molar-refractivity contribution >= 4 is 12.2 Å². The standard InChI is InChI=1S/C15H19N3OS/c1-9-12(10-6-11(19-5)8-16-7-10)17-14(15(2,3)4)18-13(9)20/h6-8H,1-5H3,(H,17,18,20). The Bertz CT molecular complexity index is 686. The molecule has 2 aromatic heterocycles. The summed E-state index contributed by atoms with van der Waals surface area (Å²) in [4.78, 5) is 12.1. The Balaban J connectivity index is 2.66. The van der Waals surface area contributed by atoms with Crippen LogP contribution in [0.3, 0.4) is 0 Å². The molecule has 2 rings (SSSR count). The van der Waals surface area contributed by atoms with Crippen LogP contribution in [0.25, 0.3) is 11.3 Å². The first kappa shape index (κ1) is 14.7. The molecule has 1 N–H and O–H groups in total. The highest BCUT2D eigenvalue weighted by atomic mass is 32.1. The first-order valence-electron chi connectivity index (χ1n) is 6.43. The quantitative estimate of drug-likeness (QED) is 0.854. The molecule has 5 heteroatoms. The van der Waals surface area contributed by atoms with Gasteiger partial charge >= 0.3 is 0 Å². The van der Waals surface area contributed by atoms with Gasteiger partial charge in [-0.05, 0) is 13.0 Å². The number of nitrogens with zero attached hydrogens (tertiary/aromatic N) is 2. The maximum absolute atomic E-state index is 5.38. The minimum atomic E-state index is -0.0949. The van der Waals surface area contributed by atoms with Crippen molar-refractivity contribution in [3.05, 3.63) is 34.5 Å². The van der Waals surface area contributed by atoms with Crippen molar-refractivity contribution in [3.63, 3.8) is 0 Å². The van der Waals surface area contributed by atoms with Crippen LogP contribution in [0.5, 0.6) is 5.75 Å². The van der Waals surface area contributed by atoms with Crippen molar-refractivity contribution in [2.24, 2.45) is 0 Å². The first-order chi connectivity index (χ1) is 9.32. The molecule has 0 radical (unpaired) electrons. The number of nitrogens with one attached hydrogen (secondary N) is 1. The van der Waals surface area contributed by atoms with Crippen molar-refractivity contribution in [2.75, 3.05) is 7.11 Å². The number of hydrogen-bond donors (Lipinski definition) is 1. The van der Waals surface area contributed by atoms with Crippen LogP contribution < -0.4 is 4.74 Å². The molecule has 0 saturated carbocycles. The Morgan fingerprint density at radius 1 is 1.25 bits per heavy atom. The lowest BCUT2D eigenvalue weighted by molar-refractivity contribution is 0.413. The van der Waals surface area contributed by atoms with Gasteiger partial charge in [0.1, 0.15) is 16.2 Å². The van der Waals surface area contributed by atoms with Crippen LogP contribution in [0.15, 0.2) is 18.5 Å². The summed E-state index contributed by atoms with van der Waals surface area (Å²) < 4.78 is 5.84. The topological polar surface area (TPSA) is 50.8 Å². The van der Waals surface area contributed by atoms with Crippen molar-refractivity contribution in [1.82, 2.24) is 15.0 Å². The minimum absolute atomic E-state index is 0.0949. The molecule has 4 nitrogen and oxygen atoms in total. The Morgan fingerprint density at radius 3 is 2.55 bits per heavy atom. The monoisotopic (exact) mass is 289 g/mol. The average Bonchev–Trinajstić information content (AvgIpc) is 2.40. The Kier molecular flexibility index (Phi) is 3.90. The number of rotatable bonds is 2. The van der Waals surface area contributed by atoms with Crippen molar-refractivity contribution in [2.45, 2.75) is 33.1 Å². The Morgan fingerprint density at radius 2 is 1.95 bits per heavy atom. The number of hydrogen-bond acceptors (Lipinski definition) is 4. The largest absolute Gasteiger partial charge is 0.495 e. The normalized spacial score (nSPS) is 11.4. The highest BCUT2D eigenvalue weighted by Gasteiger charge is 2.19. The van der Waals surface area contributed by atoms with Gasteiger partial charge in [-0.15, -0.1) is 0 Å². The van der Waals surface area contributed by atoms with E-state index >= 15 is 0 Å². The SMILES string of the molecule is COc1cncc(-c2[nH]c(C(C)(C)C)nc(=S)c2C)c1. The second-order valence-corrected chi connectivity index (χ2v) is 6.14. The van der Waals surface area contributed by atoms with Crippen LogP contribution in [-0.2, 0) is 5.41 Å². The molecule has 0 spiro atoms. The van der Waals surface area contributed by atoms with Crippen LogP contribution in [-0.4, -0.2) is 22.1 Å². The van der Waals surface area contributed by atoms with Crippen LogP contribution >= 0.6 is 12.2 Å². The predicted molar refractivity (Wildman–Crippen MR) is 82.6 cm³/mol. The lowest BCUT2D eigenvalue weighted by Gasteiger charge is -2.19. The Labute approximate surface area is 124 Å². The zero-order chi connectivity index (χ0) is 14.9. The van der Waals surface area contributed by atoms with Gasteiger partial charge in [-0.1, -0.05) is 33.0 Å². The third kappa shape index (κ3) is 2.88. The van der Waals surface area contributed by atoms with Crippen molar-refractivity contribution in [1.29, 1.82) is 0 Å². The summed E-state index contributed by atoms with van der Waals surface area (Å²) >= 11 is 5.38. The molecule has 0 unspecified atom stereocenters. The third-order valence-electron chi connectivity index (χ3n) is 3.10. The summed E-state index contributed by atoms with van der Waals surface area (Å²) in [6, 6.07) is 1.94. The van der Waals surface area contributed by atoms with E-state index in [0.717, 1.165) is 28.4 Å². The minimum Gasteiger partial charge on any atom is -0.495 e. The Hall–Kier alpha value is -1.75. The van der Waals surface area contributed by atoms with Gasteiger partial charge in [-0.25, -0.2) is 4.98 Å². The zero-order valence-corrected chi connectivity index (χ0v) is 13.3. The smallest absolute Gasteiger partial charge is 0.137 e. The van der Waals surface area contributed by atoms with Gasteiger partial charge in [0, 0.05) is 22.7 Å². The molecule has 0 amide bonds. The lowest BCUT2D eigenvalue weighted by Crippen LogP contribution is -2.17. The highest BCUT2D eigenvalue weighted by Crippen LogP contribution is 2.27. The van der Waals surface area contributed by atoms with E-state index in [-0.39, 0.29) is 5.41 Å². The number of methoxy groups -OCH3 is 1. The summed E-state index contributed by atoms with van der Waals surface area (Å²) in [5.41, 5.74) is 2.74. The zero-order valence-electron chi connectivity index (χ0n) is 12.4. The molecular weight excluding hydrogens is 270 g/mol. The molecule has 0 bridgehead atoms. The fourth-order valence-electron chi connectivity index (χ4n) is 1.84. The van der Waals surface area contributed by atoms with Crippen LogP contribution in [0, 0.1) is 11.6 Å². The van der Waals surface area contributed by atoms with Crippen LogP contribution in [0.1, 0.15) is 32.2 Å².